The molecule has 0 spiro atoms. The van der Waals surface area contributed by atoms with Crippen LogP contribution in [0.5, 0.6) is 0 Å². The summed E-state index contributed by atoms with van der Waals surface area (Å²) in [5.74, 6) is -0.0673. The smallest absolute Gasteiger partial charge is 0.312 e. The summed E-state index contributed by atoms with van der Waals surface area (Å²) >= 11 is 0. The minimum atomic E-state index is -0.432. The van der Waals surface area contributed by atoms with Crippen molar-refractivity contribution in [2.45, 2.75) is 40.7 Å². The Morgan fingerprint density at radius 1 is 1.36 bits per heavy atom. The molecule has 0 saturated carbocycles. The second-order valence-electron chi connectivity index (χ2n) is 5.13. The third-order valence-corrected chi connectivity index (χ3v) is 3.72. The number of amides is 1. The molecule has 0 saturated heterocycles. The molecule has 0 atom stereocenters. The number of carbonyl (C=O) groups is 1. The molecule has 0 unspecified atom stereocenters. The van der Waals surface area contributed by atoms with E-state index in [1.807, 2.05) is 0 Å². The lowest BCUT2D eigenvalue weighted by molar-refractivity contribution is -0.386. The lowest BCUT2D eigenvalue weighted by Gasteiger charge is -2.17. The third-order valence-electron chi connectivity index (χ3n) is 3.72. The molecule has 0 aliphatic heterocycles. The number of carbonyl (C=O) groups excluding carboxylic acids is 1. The topological polar surface area (TPSA) is 93.3 Å². The first kappa shape index (κ1) is 18.1. The number of nitrogens with zero attached hydrogens (tertiary/aromatic N) is 4. The van der Waals surface area contributed by atoms with E-state index in [1.165, 1.54) is 4.68 Å². The van der Waals surface area contributed by atoms with Gasteiger partial charge >= 0.3 is 5.69 Å². The third kappa shape index (κ3) is 4.80. The first-order valence-electron chi connectivity index (χ1n) is 7.58. The summed E-state index contributed by atoms with van der Waals surface area (Å²) in [5, 5.41) is 17.9. The summed E-state index contributed by atoms with van der Waals surface area (Å²) in [4.78, 5) is 24.5. The lowest BCUT2D eigenvalue weighted by Crippen LogP contribution is -2.35. The van der Waals surface area contributed by atoms with Crippen LogP contribution in [-0.4, -0.2) is 51.7 Å². The van der Waals surface area contributed by atoms with Crippen molar-refractivity contribution >= 4 is 11.6 Å². The quantitative estimate of drug-likeness (QED) is 0.547. The number of nitrogens with one attached hydrogen (secondary N) is 1. The van der Waals surface area contributed by atoms with E-state index in [0.29, 0.717) is 24.5 Å². The van der Waals surface area contributed by atoms with Crippen LogP contribution >= 0.6 is 0 Å². The number of hydrogen-bond donors (Lipinski definition) is 1. The maximum Gasteiger partial charge on any atom is 0.312 e. The molecule has 1 heterocycles. The zero-order valence-corrected chi connectivity index (χ0v) is 13.8. The molecule has 0 aliphatic rings. The van der Waals surface area contributed by atoms with E-state index in [2.05, 4.69) is 29.2 Å². The van der Waals surface area contributed by atoms with Crippen LogP contribution in [0.1, 0.15) is 31.7 Å². The maximum atomic E-state index is 11.8. The number of aromatic nitrogens is 2. The molecule has 8 nitrogen and oxygen atoms in total. The van der Waals surface area contributed by atoms with E-state index in [9.17, 15) is 14.9 Å². The van der Waals surface area contributed by atoms with Gasteiger partial charge in [0.05, 0.1) is 11.5 Å². The van der Waals surface area contributed by atoms with Gasteiger partial charge in [-0.1, -0.05) is 13.8 Å². The number of hydrogen-bond acceptors (Lipinski definition) is 5. The Bertz CT molecular complexity index is 523. The highest BCUT2D eigenvalue weighted by Crippen LogP contribution is 2.21. The predicted molar refractivity (Wildman–Crippen MR) is 83.8 cm³/mol. The fraction of sp³-hybridized carbons (Fsp3) is 0.714. The average Bonchev–Trinajstić information content (AvgIpc) is 2.75. The fourth-order valence-electron chi connectivity index (χ4n) is 2.36. The summed E-state index contributed by atoms with van der Waals surface area (Å²) in [6, 6.07) is 0. The van der Waals surface area contributed by atoms with E-state index < -0.39 is 4.92 Å². The van der Waals surface area contributed by atoms with Crippen molar-refractivity contribution in [3.63, 3.8) is 0 Å². The van der Waals surface area contributed by atoms with Crippen molar-refractivity contribution in [1.29, 1.82) is 0 Å². The summed E-state index contributed by atoms with van der Waals surface area (Å²) in [5.41, 5.74) is 0.893. The Labute approximate surface area is 130 Å². The van der Waals surface area contributed by atoms with E-state index in [1.54, 1.807) is 13.8 Å². The van der Waals surface area contributed by atoms with Crippen LogP contribution < -0.4 is 5.32 Å². The molecule has 1 N–H and O–H groups in total. The summed E-state index contributed by atoms with van der Waals surface area (Å²) in [6.07, 6.45) is 0.261. The Morgan fingerprint density at radius 2 is 2.00 bits per heavy atom. The normalized spacial score (nSPS) is 11.0. The molecule has 0 aromatic carbocycles. The molecular weight excluding hydrogens is 286 g/mol. The highest BCUT2D eigenvalue weighted by Gasteiger charge is 2.21. The van der Waals surface area contributed by atoms with Crippen molar-refractivity contribution in [3.8, 4) is 0 Å². The molecular formula is C14H25N5O3. The fourth-order valence-corrected chi connectivity index (χ4v) is 2.36. The zero-order chi connectivity index (χ0) is 16.7. The van der Waals surface area contributed by atoms with Gasteiger partial charge in [0.15, 0.2) is 0 Å². The molecule has 1 amide bonds. The van der Waals surface area contributed by atoms with Crippen molar-refractivity contribution in [2.24, 2.45) is 0 Å². The number of likely N-dealkylation sites (N-methyl/N-ethyl adjacent to an activating group) is 1. The highest BCUT2D eigenvalue weighted by molar-refractivity contribution is 5.75. The van der Waals surface area contributed by atoms with Crippen LogP contribution in [0.25, 0.3) is 0 Å². The van der Waals surface area contributed by atoms with Crippen molar-refractivity contribution in [1.82, 2.24) is 20.0 Å². The van der Waals surface area contributed by atoms with E-state index in [0.717, 1.165) is 19.6 Å². The Balaban J connectivity index is 2.45. The van der Waals surface area contributed by atoms with Crippen LogP contribution in [0, 0.1) is 24.0 Å². The number of rotatable bonds is 9. The second-order valence-corrected chi connectivity index (χ2v) is 5.13. The Kier molecular flexibility index (Phi) is 6.97. The molecule has 22 heavy (non-hydrogen) atoms. The SMILES string of the molecule is CCN(CC)CCNC(=O)CCn1nc(C)c([N+](=O)[O-])c1C. The van der Waals surface area contributed by atoms with Crippen LogP contribution in [0.4, 0.5) is 5.69 Å². The molecule has 0 radical (unpaired) electrons. The predicted octanol–water partition coefficient (Wildman–Crippen LogP) is 1.26. The second kappa shape index (κ2) is 8.47. The van der Waals surface area contributed by atoms with Gasteiger partial charge in [0.2, 0.25) is 5.91 Å². The highest BCUT2D eigenvalue weighted by atomic mass is 16.6. The molecule has 1 aromatic rings. The minimum Gasteiger partial charge on any atom is -0.355 e. The monoisotopic (exact) mass is 311 g/mol. The van der Waals surface area contributed by atoms with Crippen molar-refractivity contribution in [2.75, 3.05) is 26.2 Å². The zero-order valence-electron chi connectivity index (χ0n) is 13.8. The van der Waals surface area contributed by atoms with Crippen molar-refractivity contribution < 1.29 is 9.72 Å². The van der Waals surface area contributed by atoms with Gasteiger partial charge in [-0.2, -0.15) is 5.10 Å². The first-order valence-corrected chi connectivity index (χ1v) is 7.58. The van der Waals surface area contributed by atoms with E-state index in [4.69, 9.17) is 0 Å². The van der Waals surface area contributed by atoms with Gasteiger partial charge in [-0.25, -0.2) is 0 Å². The van der Waals surface area contributed by atoms with Gasteiger partial charge in [-0.05, 0) is 26.9 Å². The van der Waals surface area contributed by atoms with Crippen LogP contribution in [-0.2, 0) is 11.3 Å². The van der Waals surface area contributed by atoms with Crippen molar-refractivity contribution in [3.05, 3.63) is 21.5 Å². The summed E-state index contributed by atoms with van der Waals surface area (Å²) in [6.45, 7) is 11.1. The van der Waals surface area contributed by atoms with Gasteiger partial charge in [-0.3, -0.25) is 19.6 Å². The minimum absolute atomic E-state index is 0.0296. The summed E-state index contributed by atoms with van der Waals surface area (Å²) < 4.78 is 1.53. The molecule has 1 aromatic heterocycles. The number of nitro groups is 1. The van der Waals surface area contributed by atoms with E-state index in [-0.39, 0.29) is 18.0 Å². The van der Waals surface area contributed by atoms with Gasteiger partial charge in [-0.15, -0.1) is 0 Å². The number of aryl methyl sites for hydroxylation is 2. The standard InChI is InChI=1S/C14H25N5O3/c1-5-17(6-2)10-8-15-13(20)7-9-18-12(4)14(19(21)22)11(3)16-18/h5-10H2,1-4H3,(H,15,20). The van der Waals surface area contributed by atoms with Crippen LogP contribution in [0.2, 0.25) is 0 Å². The molecule has 0 bridgehead atoms. The Hall–Kier alpha value is -1.96. The Morgan fingerprint density at radius 3 is 2.50 bits per heavy atom. The van der Waals surface area contributed by atoms with Gasteiger partial charge in [0.1, 0.15) is 11.4 Å². The van der Waals surface area contributed by atoms with E-state index >= 15 is 0 Å². The molecule has 1 rings (SSSR count). The molecule has 8 heteroatoms. The lowest BCUT2D eigenvalue weighted by atomic mass is 10.3. The summed E-state index contributed by atoms with van der Waals surface area (Å²) in [7, 11) is 0. The van der Waals surface area contributed by atoms with Crippen LogP contribution in [0.15, 0.2) is 0 Å². The largest absolute Gasteiger partial charge is 0.355 e. The van der Waals surface area contributed by atoms with Gasteiger partial charge in [0, 0.05) is 19.5 Å². The van der Waals surface area contributed by atoms with Gasteiger partial charge in [0.25, 0.3) is 0 Å². The average molecular weight is 311 g/mol. The molecule has 0 fully saturated rings. The first-order chi connectivity index (χ1) is 10.4. The molecule has 0 aliphatic carbocycles. The van der Waals surface area contributed by atoms with Gasteiger partial charge < -0.3 is 10.2 Å². The van der Waals surface area contributed by atoms with Crippen LogP contribution in [0.3, 0.4) is 0 Å². The maximum absolute atomic E-state index is 11.8. The molecule has 124 valence electrons.